The van der Waals surface area contributed by atoms with Gasteiger partial charge < -0.3 is 10.6 Å². The number of nitrogens with zero attached hydrogens (tertiary/aromatic N) is 4. The van der Waals surface area contributed by atoms with Gasteiger partial charge in [0, 0.05) is 48.2 Å². The van der Waals surface area contributed by atoms with Gasteiger partial charge in [0.15, 0.2) is 5.65 Å². The Balaban J connectivity index is 1.50. The zero-order valence-electron chi connectivity index (χ0n) is 19.4. The molecule has 0 bridgehead atoms. The van der Waals surface area contributed by atoms with Crippen molar-refractivity contribution in [2.24, 2.45) is 11.3 Å². The van der Waals surface area contributed by atoms with Crippen molar-refractivity contribution >= 4 is 39.5 Å². The van der Waals surface area contributed by atoms with Crippen molar-refractivity contribution in [3.05, 3.63) is 44.9 Å². The maximum atomic E-state index is 13.1. The molecular weight excluding hydrogens is 515 g/mol. The molecule has 1 unspecified atom stereocenters. The molecule has 0 aromatic carbocycles. The third-order valence-electron chi connectivity index (χ3n) is 6.94. The van der Waals surface area contributed by atoms with E-state index in [1.165, 1.54) is 0 Å². The Morgan fingerprint density at radius 1 is 1.31 bits per heavy atom. The molecular formula is C24H33IN6O. The molecule has 7 nitrogen and oxygen atoms in total. The predicted molar refractivity (Wildman–Crippen MR) is 137 cm³/mol. The second-order valence-corrected chi connectivity index (χ2v) is 10.5. The summed E-state index contributed by atoms with van der Waals surface area (Å²) in [4.78, 5) is 20.2. The van der Waals surface area contributed by atoms with Gasteiger partial charge in [0.05, 0.1) is 23.2 Å². The summed E-state index contributed by atoms with van der Waals surface area (Å²) < 4.78 is 2.89. The van der Waals surface area contributed by atoms with Crippen LogP contribution in [-0.4, -0.2) is 58.3 Å². The molecule has 2 aromatic rings. The average molecular weight is 548 g/mol. The molecule has 32 heavy (non-hydrogen) atoms. The minimum absolute atomic E-state index is 0.124. The summed E-state index contributed by atoms with van der Waals surface area (Å²) in [6.45, 7) is 14.7. The number of aryl methyl sites for hydroxylation is 1. The summed E-state index contributed by atoms with van der Waals surface area (Å²) in [5.74, 6) is 0.423. The number of pyridine rings is 1. The molecule has 2 aliphatic rings. The summed E-state index contributed by atoms with van der Waals surface area (Å²) >= 11 is 2.26. The Morgan fingerprint density at radius 3 is 2.72 bits per heavy atom. The summed E-state index contributed by atoms with van der Waals surface area (Å²) in [5, 5.41) is 12.2. The molecule has 1 amide bonds. The van der Waals surface area contributed by atoms with Crippen LogP contribution in [-0.2, 0) is 6.54 Å². The van der Waals surface area contributed by atoms with Gasteiger partial charge in [-0.05, 0) is 53.3 Å². The van der Waals surface area contributed by atoms with E-state index >= 15 is 0 Å². The maximum Gasteiger partial charge on any atom is 0.258 e. The van der Waals surface area contributed by atoms with Crippen molar-refractivity contribution in [2.75, 3.05) is 32.7 Å². The second-order valence-electron chi connectivity index (χ2n) is 9.40. The zero-order valence-corrected chi connectivity index (χ0v) is 21.6. The van der Waals surface area contributed by atoms with E-state index in [1.54, 1.807) is 6.20 Å². The molecule has 1 fully saturated rings. The third kappa shape index (κ3) is 4.77. The number of carbonyl (C=O) groups is 1. The first kappa shape index (κ1) is 23.4. The minimum atomic E-state index is -0.124. The van der Waals surface area contributed by atoms with Crippen LogP contribution in [0.4, 0.5) is 0 Å². The number of amides is 1. The fourth-order valence-corrected chi connectivity index (χ4v) is 5.24. The molecule has 172 valence electrons. The molecule has 0 spiro atoms. The fourth-order valence-electron chi connectivity index (χ4n) is 4.22. The van der Waals surface area contributed by atoms with Gasteiger partial charge in [-0.15, -0.1) is 0 Å². The van der Waals surface area contributed by atoms with Crippen molar-refractivity contribution in [1.29, 1.82) is 0 Å². The van der Waals surface area contributed by atoms with Gasteiger partial charge in [0.1, 0.15) is 0 Å². The monoisotopic (exact) mass is 548 g/mol. The van der Waals surface area contributed by atoms with Crippen LogP contribution in [0.2, 0.25) is 0 Å². The number of hydrogen-bond acceptors (Lipinski definition) is 5. The lowest BCUT2D eigenvalue weighted by Crippen LogP contribution is -2.44. The van der Waals surface area contributed by atoms with E-state index in [-0.39, 0.29) is 11.3 Å². The molecule has 0 saturated carbocycles. The van der Waals surface area contributed by atoms with Crippen LogP contribution < -0.4 is 10.6 Å². The Bertz CT molecular complexity index is 1070. The van der Waals surface area contributed by atoms with Gasteiger partial charge in [-0.25, -0.2) is 9.67 Å². The standard InChI is InChI=1S/C24H33IN6O/c1-16(2)24(4)7-5-18(6-8-24)28-23(32)19-15-27-22-20(21(19)25)17(3)29-31(22)14-13-30-11-9-26-10-12-30/h5-7,15-16,26H,8-14H2,1-4H3,(H,28,32). The van der Waals surface area contributed by atoms with Crippen LogP contribution in [0, 0.1) is 21.8 Å². The quantitative estimate of drug-likeness (QED) is 0.541. The van der Waals surface area contributed by atoms with Crippen molar-refractivity contribution in [3.63, 3.8) is 0 Å². The number of nitrogens with one attached hydrogen (secondary N) is 2. The van der Waals surface area contributed by atoms with Gasteiger partial charge in [-0.2, -0.15) is 5.10 Å². The molecule has 4 rings (SSSR count). The highest BCUT2D eigenvalue weighted by molar-refractivity contribution is 14.1. The number of halogens is 1. The summed E-state index contributed by atoms with van der Waals surface area (Å²) in [7, 11) is 0. The zero-order chi connectivity index (χ0) is 22.9. The fraction of sp³-hybridized carbons (Fsp3) is 0.542. The molecule has 1 aliphatic heterocycles. The number of aromatic nitrogens is 3. The first-order valence-electron chi connectivity index (χ1n) is 11.4. The SMILES string of the molecule is Cc1nn(CCN2CCNCC2)c2ncc(C(=O)NC3=CCC(C)(C(C)C)C=C3)c(I)c12. The van der Waals surface area contributed by atoms with E-state index < -0.39 is 0 Å². The van der Waals surface area contributed by atoms with Crippen molar-refractivity contribution < 1.29 is 4.79 Å². The summed E-state index contributed by atoms with van der Waals surface area (Å²) in [6, 6.07) is 0. The molecule has 1 saturated heterocycles. The normalized spacial score (nSPS) is 21.9. The number of fused-ring (bicyclic) bond motifs is 1. The van der Waals surface area contributed by atoms with Crippen LogP contribution in [0.3, 0.4) is 0 Å². The molecule has 0 radical (unpaired) electrons. The smallest absolute Gasteiger partial charge is 0.258 e. The van der Waals surface area contributed by atoms with Gasteiger partial charge in [0.2, 0.25) is 0 Å². The average Bonchev–Trinajstić information content (AvgIpc) is 3.11. The van der Waals surface area contributed by atoms with E-state index in [4.69, 9.17) is 5.10 Å². The van der Waals surface area contributed by atoms with Crippen LogP contribution in [0.5, 0.6) is 0 Å². The first-order valence-corrected chi connectivity index (χ1v) is 12.5. The van der Waals surface area contributed by atoms with Crippen molar-refractivity contribution in [3.8, 4) is 0 Å². The first-order chi connectivity index (χ1) is 15.3. The Kier molecular flexibility index (Phi) is 7.02. The van der Waals surface area contributed by atoms with Crippen LogP contribution in [0.25, 0.3) is 11.0 Å². The molecule has 2 N–H and O–H groups in total. The predicted octanol–water partition coefficient (Wildman–Crippen LogP) is 3.49. The highest BCUT2D eigenvalue weighted by atomic mass is 127. The van der Waals surface area contributed by atoms with Crippen LogP contribution in [0.1, 0.15) is 43.2 Å². The van der Waals surface area contributed by atoms with E-state index in [9.17, 15) is 4.79 Å². The minimum Gasteiger partial charge on any atom is -0.322 e. The van der Waals surface area contributed by atoms with Gasteiger partial charge in [-0.3, -0.25) is 9.69 Å². The van der Waals surface area contributed by atoms with E-state index in [0.717, 1.165) is 71.7 Å². The Labute approximate surface area is 203 Å². The molecule has 2 aromatic heterocycles. The lowest BCUT2D eigenvalue weighted by atomic mass is 9.74. The molecule has 1 aliphatic carbocycles. The number of allylic oxidation sites excluding steroid dienone is 3. The largest absolute Gasteiger partial charge is 0.322 e. The van der Waals surface area contributed by atoms with Crippen LogP contribution in [0.15, 0.2) is 30.1 Å². The Morgan fingerprint density at radius 2 is 2.06 bits per heavy atom. The highest BCUT2D eigenvalue weighted by Crippen LogP contribution is 2.36. The van der Waals surface area contributed by atoms with Gasteiger partial charge >= 0.3 is 0 Å². The molecule has 8 heteroatoms. The van der Waals surface area contributed by atoms with Crippen LogP contribution >= 0.6 is 22.6 Å². The lowest BCUT2D eigenvalue weighted by Gasteiger charge is -2.32. The molecule has 3 heterocycles. The number of hydrogen-bond donors (Lipinski definition) is 2. The second kappa shape index (κ2) is 9.61. The van der Waals surface area contributed by atoms with Gasteiger partial charge in [0.25, 0.3) is 5.91 Å². The van der Waals surface area contributed by atoms with E-state index in [2.05, 4.69) is 76.0 Å². The third-order valence-corrected chi connectivity index (χ3v) is 8.06. The summed E-state index contributed by atoms with van der Waals surface area (Å²) in [6.07, 6.45) is 8.97. The topological polar surface area (TPSA) is 75.1 Å². The Hall–Kier alpha value is -1.78. The molecule has 1 atom stereocenters. The van der Waals surface area contributed by atoms with Crippen molar-refractivity contribution in [2.45, 2.75) is 40.7 Å². The maximum absolute atomic E-state index is 13.1. The lowest BCUT2D eigenvalue weighted by molar-refractivity contribution is 0.0965. The van der Waals surface area contributed by atoms with E-state index in [1.807, 2.05) is 17.7 Å². The summed E-state index contributed by atoms with van der Waals surface area (Å²) in [5.41, 5.74) is 3.35. The van der Waals surface area contributed by atoms with Crippen molar-refractivity contribution in [1.82, 2.24) is 30.3 Å². The van der Waals surface area contributed by atoms with Gasteiger partial charge in [-0.1, -0.05) is 32.9 Å². The number of carbonyl (C=O) groups excluding carboxylic acids is 1. The highest BCUT2D eigenvalue weighted by Gasteiger charge is 2.27. The number of piperazine rings is 1. The van der Waals surface area contributed by atoms with E-state index in [0.29, 0.717) is 11.5 Å². The number of rotatable bonds is 6.